The Morgan fingerprint density at radius 1 is 0.435 bits per heavy atom. The third-order valence-corrected chi connectivity index (χ3v) is 22.1. The van der Waals surface area contributed by atoms with Gasteiger partial charge in [0.15, 0.2) is 22.8 Å². The first kappa shape index (κ1) is 87.2. The van der Waals surface area contributed by atoms with Crippen LogP contribution in [-0.2, 0) is 64.8 Å². The molecule has 1 aliphatic carbocycles. The van der Waals surface area contributed by atoms with E-state index in [1.54, 1.807) is 61.5 Å². The van der Waals surface area contributed by atoms with Gasteiger partial charge in [-0.1, -0.05) is 71.2 Å². The number of rotatable bonds is 16. The van der Waals surface area contributed by atoms with E-state index in [0.717, 1.165) is 73.4 Å². The van der Waals surface area contributed by atoms with Crippen LogP contribution in [0.2, 0.25) is 5.02 Å². The van der Waals surface area contributed by atoms with Crippen molar-refractivity contribution >= 4 is 73.3 Å². The lowest BCUT2D eigenvalue weighted by Gasteiger charge is -2.18. The zero-order chi connectivity index (χ0) is 84.8. The SMILES string of the molecule is CN(C)c1ccc(Cl)cc1-c1cc(C(F)(F)F)nn1-c1ccc(S(N)(=O)=O)cc1.COc1ccc(C(C)C)cc1-c1cc(C(F)(F)F)nn1-c1ccc(S(N)(=O)=O)cc1.Cc1ccc(Br)c(-c2cc(C(F)(F)F)nn2-c2ccc(S(N)(=O)=O)cc2)c1.Cc1ccc(C2CC2)cc1-c1cc(C(F)(F)F)nn1-c1ccc(S(N)(=O)=O)cc1. The quantitative estimate of drug-likeness (QED) is 0.0654. The number of sulfonamides is 4. The molecule has 22 nitrogen and oxygen atoms in total. The van der Waals surface area contributed by atoms with E-state index in [0.29, 0.717) is 60.5 Å². The minimum absolute atomic E-state index is 0.127. The number of ether oxygens (including phenoxy) is 1. The first-order valence-electron chi connectivity index (χ1n) is 33.5. The topological polar surface area (TPSA) is 324 Å². The molecule has 0 unspecified atom stereocenters. The number of hydrogen-bond donors (Lipinski definition) is 4. The molecule has 0 saturated heterocycles. The maximum absolute atomic E-state index is 13.4. The van der Waals surface area contributed by atoms with E-state index in [1.807, 2.05) is 58.0 Å². The Balaban J connectivity index is 0.000000162. The fraction of sp³-hybridized carbons (Fsp3) is 0.200. The largest absolute Gasteiger partial charge is 0.496 e. The summed E-state index contributed by atoms with van der Waals surface area (Å²) in [5.41, 5.74) is 3.97. The van der Waals surface area contributed by atoms with Gasteiger partial charge in [0.25, 0.3) is 0 Å². The van der Waals surface area contributed by atoms with Gasteiger partial charge >= 0.3 is 24.7 Å². The summed E-state index contributed by atoms with van der Waals surface area (Å²) in [6.45, 7) is 7.59. The number of alkyl halides is 12. The molecule has 115 heavy (non-hydrogen) atoms. The van der Waals surface area contributed by atoms with Gasteiger partial charge in [-0.3, -0.25) is 0 Å². The minimum atomic E-state index is -4.67. The third-order valence-electron chi connectivity index (χ3n) is 17.5. The summed E-state index contributed by atoms with van der Waals surface area (Å²) in [5, 5.41) is 35.5. The zero-order valence-corrected chi connectivity index (χ0v) is 66.6. The second-order valence-electron chi connectivity index (χ2n) is 26.5. The van der Waals surface area contributed by atoms with E-state index in [9.17, 15) is 86.4 Å². The molecule has 608 valence electrons. The van der Waals surface area contributed by atoms with Crippen molar-refractivity contribution in [3.05, 3.63) is 249 Å². The number of nitrogens with zero attached hydrogens (tertiary/aromatic N) is 9. The van der Waals surface area contributed by atoms with Gasteiger partial charge in [-0.15, -0.1) is 0 Å². The lowest BCUT2D eigenvalue weighted by molar-refractivity contribution is -0.142. The molecule has 8 aromatic carbocycles. The molecule has 1 aliphatic rings. The summed E-state index contributed by atoms with van der Waals surface area (Å²) >= 11 is 9.44. The van der Waals surface area contributed by atoms with Gasteiger partial charge in [-0.2, -0.15) is 73.1 Å². The van der Waals surface area contributed by atoms with Crippen molar-refractivity contribution < 1.29 is 91.1 Å². The molecule has 0 atom stereocenters. The van der Waals surface area contributed by atoms with E-state index in [-0.39, 0.29) is 59.6 Å². The van der Waals surface area contributed by atoms with Gasteiger partial charge in [-0.25, -0.2) is 73.0 Å². The van der Waals surface area contributed by atoms with Gasteiger partial charge in [0.1, 0.15) is 5.75 Å². The van der Waals surface area contributed by atoms with Crippen LogP contribution in [0.15, 0.2) is 218 Å². The van der Waals surface area contributed by atoms with Crippen molar-refractivity contribution in [3.63, 3.8) is 0 Å². The fourth-order valence-corrected chi connectivity index (χ4v) is 14.2. The maximum Gasteiger partial charge on any atom is 0.435 e. The normalized spacial score (nSPS) is 13.0. The molecule has 0 amide bonds. The monoisotopic (exact) mass is 1760 g/mol. The predicted octanol–water partition coefficient (Wildman–Crippen LogP) is 16.9. The lowest BCUT2D eigenvalue weighted by Crippen LogP contribution is -2.12. The van der Waals surface area contributed by atoms with E-state index < -0.39 is 87.6 Å². The molecule has 1 saturated carbocycles. The van der Waals surface area contributed by atoms with E-state index >= 15 is 0 Å². The molecule has 4 aromatic heterocycles. The molecule has 0 spiro atoms. The first-order valence-corrected chi connectivity index (χ1v) is 40.9. The summed E-state index contributed by atoms with van der Waals surface area (Å²) in [4.78, 5) is 1.14. The zero-order valence-electron chi connectivity index (χ0n) is 61.0. The van der Waals surface area contributed by atoms with Gasteiger partial charge in [-0.05, 0) is 225 Å². The smallest absolute Gasteiger partial charge is 0.435 e. The van der Waals surface area contributed by atoms with Crippen LogP contribution in [0.3, 0.4) is 0 Å². The van der Waals surface area contributed by atoms with Crippen LogP contribution in [-0.4, -0.2) is 94.0 Å². The average molecular weight is 1770 g/mol. The van der Waals surface area contributed by atoms with Crippen molar-refractivity contribution in [1.29, 1.82) is 0 Å². The minimum Gasteiger partial charge on any atom is -0.496 e. The molecular weight excluding hydrogens is 1700 g/mol. The van der Waals surface area contributed by atoms with Crippen LogP contribution in [0, 0.1) is 13.8 Å². The van der Waals surface area contributed by atoms with Crippen LogP contribution in [0.25, 0.3) is 67.8 Å². The number of hydrogen-bond acceptors (Lipinski definition) is 14. The Kier molecular flexibility index (Phi) is 25.1. The molecule has 0 aliphatic heterocycles. The van der Waals surface area contributed by atoms with Crippen molar-refractivity contribution in [2.24, 2.45) is 20.6 Å². The van der Waals surface area contributed by atoms with E-state index in [4.69, 9.17) is 36.9 Å². The van der Waals surface area contributed by atoms with Crippen molar-refractivity contribution in [2.45, 2.75) is 96.7 Å². The summed E-state index contributed by atoms with van der Waals surface area (Å²) in [7, 11) is -10.8. The number of aromatic nitrogens is 8. The van der Waals surface area contributed by atoms with Gasteiger partial charge in [0.05, 0.1) is 72.2 Å². The van der Waals surface area contributed by atoms with Crippen molar-refractivity contribution in [2.75, 3.05) is 26.1 Å². The van der Waals surface area contributed by atoms with Crippen LogP contribution < -0.4 is 30.2 Å². The lowest BCUT2D eigenvalue weighted by atomic mass is 9.98. The molecule has 12 aromatic rings. The van der Waals surface area contributed by atoms with Gasteiger partial charge in [0.2, 0.25) is 40.1 Å². The number of aryl methyl sites for hydroxylation is 2. The van der Waals surface area contributed by atoms with Crippen LogP contribution >= 0.6 is 27.5 Å². The average Bonchev–Trinajstić information content (AvgIpc) is 1.65. The second kappa shape index (κ2) is 33.2. The summed E-state index contributed by atoms with van der Waals surface area (Å²) in [5.74, 6) is 0.972. The number of methoxy groups -OCH3 is 1. The Morgan fingerprint density at radius 2 is 0.783 bits per heavy atom. The van der Waals surface area contributed by atoms with Crippen LogP contribution in [0.5, 0.6) is 5.75 Å². The summed E-state index contributed by atoms with van der Waals surface area (Å²) < 4.78 is 262. The van der Waals surface area contributed by atoms with Crippen molar-refractivity contribution in [3.8, 4) is 73.5 Å². The maximum atomic E-state index is 13.4. The number of primary sulfonamides is 4. The molecule has 1 fully saturated rings. The highest BCUT2D eigenvalue weighted by atomic mass is 79.9. The Bertz CT molecular complexity index is 6100. The highest BCUT2D eigenvalue weighted by Gasteiger charge is 2.40. The Labute approximate surface area is 664 Å². The molecule has 0 radical (unpaired) electrons. The molecule has 40 heteroatoms. The summed E-state index contributed by atoms with van der Waals surface area (Å²) in [6, 6.07) is 45.7. The third kappa shape index (κ3) is 20.9. The number of benzene rings is 8. The van der Waals surface area contributed by atoms with Crippen LogP contribution in [0.1, 0.15) is 83.6 Å². The molecule has 13 rings (SSSR count). The standard InChI is InChI=1S/C20H20F3N3O3S.C20H18F3N3O2S.C18H16ClF3N4O2S.C17H13BrF3N3O2S/c1-12(2)13-4-9-18(29-3)16(10-13)17-11-19(20(21,22)23)25-26(17)14-5-7-15(8-6-14)30(24,27)28;1-12-2-3-14(13-4-5-13)10-17(12)18-11-19(20(21,22)23)25-26(18)15-6-8-16(9-7-15)29(24,27)28;1-25(2)15-8-3-11(19)9-14(15)16-10-17(18(20,21)22)24-26(16)12-4-6-13(7-5-12)29(23,27)28;1-10-2-7-14(18)13(8-10)15-9-16(17(19,20)21)23-24(15)11-3-5-12(6-4-11)27(22,25)26/h4-12H,1-3H3,(H2,24,27,28);2-3,6-11,13H,4-5H2,1H3,(H2,24,27,28);3-10H,1-2H3,(H2,23,27,28);2-9H,1H3,(H2,22,25,26). The second-order valence-corrected chi connectivity index (χ2v) is 34.0. The van der Waals surface area contributed by atoms with Crippen LogP contribution in [0.4, 0.5) is 58.4 Å². The molecule has 0 bridgehead atoms. The Morgan fingerprint density at radius 3 is 1.10 bits per heavy atom. The molecular formula is C75H67BrClF12N13O9S4. The highest BCUT2D eigenvalue weighted by molar-refractivity contribution is 9.10. The number of halogens is 14. The fourth-order valence-electron chi connectivity index (χ4n) is 11.6. The molecule has 8 N–H and O–H groups in total. The van der Waals surface area contributed by atoms with E-state index in [1.165, 1.54) is 109 Å². The highest BCUT2D eigenvalue weighted by Crippen LogP contribution is 2.45. The number of nitrogens with two attached hydrogens (primary N) is 4. The number of anilines is 1. The predicted molar refractivity (Wildman–Crippen MR) is 411 cm³/mol. The van der Waals surface area contributed by atoms with E-state index in [2.05, 4.69) is 36.3 Å². The Hall–Kier alpha value is -10.2. The first-order chi connectivity index (χ1) is 53.3. The van der Waals surface area contributed by atoms with Gasteiger partial charge in [0, 0.05) is 51.5 Å². The summed E-state index contributed by atoms with van der Waals surface area (Å²) in [6.07, 6.45) is -16.4. The van der Waals surface area contributed by atoms with Crippen molar-refractivity contribution in [1.82, 2.24) is 39.1 Å². The molecule has 4 heterocycles. The van der Waals surface area contributed by atoms with Gasteiger partial charge < -0.3 is 9.64 Å².